The van der Waals surface area contributed by atoms with E-state index in [1.54, 1.807) is 20.3 Å². The topological polar surface area (TPSA) is 88.6 Å². The lowest BCUT2D eigenvalue weighted by atomic mass is 10.2. The number of nitrogens with zero attached hydrogens (tertiary/aromatic N) is 2. The standard InChI is InChI=1S/C17H16N4O3S/c1-23-13-6-3-5-11(16(13)24-2)9-18-21-17(22)12-10-19-20-15(12)14-7-4-8-25-14/h3-10H,1-2H3,(H,19,20)(H,21,22). The van der Waals surface area contributed by atoms with Crippen LogP contribution in [0.4, 0.5) is 0 Å². The van der Waals surface area contributed by atoms with Crippen molar-refractivity contribution in [3.63, 3.8) is 0 Å². The number of hydrogen-bond acceptors (Lipinski definition) is 6. The predicted octanol–water partition coefficient (Wildman–Crippen LogP) is 2.92. The first kappa shape index (κ1) is 16.7. The molecule has 0 atom stereocenters. The summed E-state index contributed by atoms with van der Waals surface area (Å²) in [6, 6.07) is 9.24. The number of nitrogens with one attached hydrogen (secondary N) is 2. The third-order valence-corrected chi connectivity index (χ3v) is 4.34. The van der Waals surface area contributed by atoms with Crippen LogP contribution >= 0.6 is 11.3 Å². The number of hydrazone groups is 1. The van der Waals surface area contributed by atoms with Gasteiger partial charge in [0.05, 0.1) is 42.8 Å². The number of benzene rings is 1. The summed E-state index contributed by atoms with van der Waals surface area (Å²) in [6.07, 6.45) is 2.98. The number of thiophene rings is 1. The number of para-hydroxylation sites is 1. The molecule has 0 saturated carbocycles. The smallest absolute Gasteiger partial charge is 0.275 e. The Labute approximate surface area is 148 Å². The maximum absolute atomic E-state index is 12.4. The molecule has 0 spiro atoms. The Balaban J connectivity index is 1.76. The van der Waals surface area contributed by atoms with Gasteiger partial charge in [-0.3, -0.25) is 9.89 Å². The van der Waals surface area contributed by atoms with Gasteiger partial charge in [0, 0.05) is 5.56 Å². The summed E-state index contributed by atoms with van der Waals surface area (Å²) < 4.78 is 10.6. The molecule has 3 rings (SSSR count). The van der Waals surface area contributed by atoms with Gasteiger partial charge in [-0.15, -0.1) is 11.3 Å². The van der Waals surface area contributed by atoms with E-state index in [1.165, 1.54) is 23.7 Å². The summed E-state index contributed by atoms with van der Waals surface area (Å²) in [6.45, 7) is 0. The third-order valence-electron chi connectivity index (χ3n) is 3.45. The predicted molar refractivity (Wildman–Crippen MR) is 96.5 cm³/mol. The van der Waals surface area contributed by atoms with Gasteiger partial charge >= 0.3 is 0 Å². The molecule has 0 bridgehead atoms. The van der Waals surface area contributed by atoms with Crippen molar-refractivity contribution in [3.05, 3.63) is 53.0 Å². The molecule has 0 aliphatic heterocycles. The van der Waals surface area contributed by atoms with Gasteiger partial charge in [0.2, 0.25) is 0 Å². The van der Waals surface area contributed by atoms with E-state index in [-0.39, 0.29) is 5.91 Å². The summed E-state index contributed by atoms with van der Waals surface area (Å²) in [5, 5.41) is 12.7. The second-order valence-corrected chi connectivity index (χ2v) is 5.87. The highest BCUT2D eigenvalue weighted by atomic mass is 32.1. The monoisotopic (exact) mass is 356 g/mol. The van der Waals surface area contributed by atoms with Crippen LogP contribution in [0.3, 0.4) is 0 Å². The summed E-state index contributed by atoms with van der Waals surface area (Å²) >= 11 is 1.52. The number of carbonyl (C=O) groups excluding carboxylic acids is 1. The van der Waals surface area contributed by atoms with Crippen LogP contribution in [0.15, 0.2) is 47.0 Å². The molecule has 0 saturated heterocycles. The van der Waals surface area contributed by atoms with E-state index >= 15 is 0 Å². The van der Waals surface area contributed by atoms with Crippen molar-refractivity contribution in [2.24, 2.45) is 5.10 Å². The normalized spacial score (nSPS) is 10.8. The fraction of sp³-hybridized carbons (Fsp3) is 0.118. The van der Waals surface area contributed by atoms with E-state index < -0.39 is 0 Å². The van der Waals surface area contributed by atoms with E-state index in [0.29, 0.717) is 28.3 Å². The summed E-state index contributed by atoms with van der Waals surface area (Å²) in [7, 11) is 3.11. The van der Waals surface area contributed by atoms with Gasteiger partial charge < -0.3 is 9.47 Å². The summed E-state index contributed by atoms with van der Waals surface area (Å²) in [4.78, 5) is 13.3. The van der Waals surface area contributed by atoms with Crippen LogP contribution in [-0.4, -0.2) is 36.5 Å². The van der Waals surface area contributed by atoms with Crippen molar-refractivity contribution in [1.29, 1.82) is 0 Å². The minimum absolute atomic E-state index is 0.352. The summed E-state index contributed by atoms with van der Waals surface area (Å²) in [5.74, 6) is 0.786. The van der Waals surface area contributed by atoms with Crippen LogP contribution in [0.1, 0.15) is 15.9 Å². The average Bonchev–Trinajstić information content (AvgIpc) is 3.32. The Hall–Kier alpha value is -3.13. The Kier molecular flexibility index (Phi) is 5.10. The fourth-order valence-electron chi connectivity index (χ4n) is 2.30. The van der Waals surface area contributed by atoms with Crippen molar-refractivity contribution in [3.8, 4) is 22.1 Å². The Bertz CT molecular complexity index is 887. The molecular formula is C17H16N4O3S. The number of ether oxygens (including phenoxy) is 2. The number of aromatic nitrogens is 2. The molecule has 7 nitrogen and oxygen atoms in total. The zero-order valence-electron chi connectivity index (χ0n) is 13.6. The van der Waals surface area contributed by atoms with Crippen molar-refractivity contribution < 1.29 is 14.3 Å². The van der Waals surface area contributed by atoms with E-state index in [4.69, 9.17) is 9.47 Å². The number of H-pyrrole nitrogens is 1. The van der Waals surface area contributed by atoms with Crippen LogP contribution in [0.25, 0.3) is 10.6 Å². The second kappa shape index (κ2) is 7.63. The number of aromatic amines is 1. The van der Waals surface area contributed by atoms with Crippen LogP contribution in [-0.2, 0) is 0 Å². The average molecular weight is 356 g/mol. The lowest BCUT2D eigenvalue weighted by molar-refractivity contribution is 0.0956. The number of carbonyl (C=O) groups is 1. The quantitative estimate of drug-likeness (QED) is 0.525. The van der Waals surface area contributed by atoms with Crippen molar-refractivity contribution in [2.75, 3.05) is 14.2 Å². The van der Waals surface area contributed by atoms with Gasteiger partial charge in [-0.1, -0.05) is 12.1 Å². The van der Waals surface area contributed by atoms with Gasteiger partial charge in [0.25, 0.3) is 5.91 Å². The van der Waals surface area contributed by atoms with E-state index in [2.05, 4.69) is 20.7 Å². The second-order valence-electron chi connectivity index (χ2n) is 4.92. The van der Waals surface area contributed by atoms with E-state index in [9.17, 15) is 4.79 Å². The molecule has 0 radical (unpaired) electrons. The highest BCUT2D eigenvalue weighted by Gasteiger charge is 2.15. The van der Waals surface area contributed by atoms with Crippen molar-refractivity contribution >= 4 is 23.5 Å². The Morgan fingerprint density at radius 1 is 1.28 bits per heavy atom. The first-order chi connectivity index (χ1) is 12.2. The molecule has 25 heavy (non-hydrogen) atoms. The van der Waals surface area contributed by atoms with Gasteiger partial charge in [-0.2, -0.15) is 10.2 Å². The van der Waals surface area contributed by atoms with Crippen LogP contribution in [0.5, 0.6) is 11.5 Å². The lowest BCUT2D eigenvalue weighted by Gasteiger charge is -2.09. The van der Waals surface area contributed by atoms with Gasteiger partial charge in [-0.25, -0.2) is 5.43 Å². The van der Waals surface area contributed by atoms with Crippen LogP contribution < -0.4 is 14.9 Å². The molecule has 3 aromatic rings. The molecule has 128 valence electrons. The summed E-state index contributed by atoms with van der Waals surface area (Å²) in [5.41, 5.74) is 4.29. The maximum Gasteiger partial charge on any atom is 0.275 e. The molecular weight excluding hydrogens is 340 g/mol. The first-order valence-electron chi connectivity index (χ1n) is 7.36. The molecule has 0 aliphatic carbocycles. The zero-order chi connectivity index (χ0) is 17.6. The molecule has 8 heteroatoms. The maximum atomic E-state index is 12.4. The van der Waals surface area contributed by atoms with Gasteiger partial charge in [0.1, 0.15) is 0 Å². The zero-order valence-corrected chi connectivity index (χ0v) is 14.5. The van der Waals surface area contributed by atoms with Crippen molar-refractivity contribution in [1.82, 2.24) is 15.6 Å². The van der Waals surface area contributed by atoms with E-state index in [0.717, 1.165) is 4.88 Å². The molecule has 1 aromatic carbocycles. The number of methoxy groups -OCH3 is 2. The number of rotatable bonds is 6. The number of amides is 1. The molecule has 1 amide bonds. The largest absolute Gasteiger partial charge is 0.493 e. The molecule has 0 fully saturated rings. The van der Waals surface area contributed by atoms with Crippen LogP contribution in [0, 0.1) is 0 Å². The lowest BCUT2D eigenvalue weighted by Crippen LogP contribution is -2.17. The SMILES string of the molecule is COc1cccc(C=NNC(=O)c2cn[nH]c2-c2cccs2)c1OC. The Morgan fingerprint density at radius 2 is 2.16 bits per heavy atom. The molecule has 0 unspecified atom stereocenters. The minimum Gasteiger partial charge on any atom is -0.493 e. The number of hydrogen-bond donors (Lipinski definition) is 2. The van der Waals surface area contributed by atoms with Gasteiger partial charge in [0.15, 0.2) is 11.5 Å². The van der Waals surface area contributed by atoms with Crippen LogP contribution in [0.2, 0.25) is 0 Å². The minimum atomic E-state index is -0.352. The van der Waals surface area contributed by atoms with E-state index in [1.807, 2.05) is 29.6 Å². The highest BCUT2D eigenvalue weighted by Crippen LogP contribution is 2.29. The molecule has 2 heterocycles. The fourth-order valence-corrected chi connectivity index (χ4v) is 3.04. The molecule has 2 aromatic heterocycles. The third kappa shape index (κ3) is 3.53. The molecule has 2 N–H and O–H groups in total. The Morgan fingerprint density at radius 3 is 2.88 bits per heavy atom. The first-order valence-corrected chi connectivity index (χ1v) is 8.24. The van der Waals surface area contributed by atoms with Gasteiger partial charge in [-0.05, 0) is 23.6 Å². The van der Waals surface area contributed by atoms with Crippen molar-refractivity contribution in [2.45, 2.75) is 0 Å². The highest BCUT2D eigenvalue weighted by molar-refractivity contribution is 7.13. The molecule has 0 aliphatic rings.